The van der Waals surface area contributed by atoms with Crippen LogP contribution in [0.3, 0.4) is 0 Å². The lowest BCUT2D eigenvalue weighted by Gasteiger charge is -2.10. The van der Waals surface area contributed by atoms with Gasteiger partial charge in [-0.15, -0.1) is 0 Å². The van der Waals surface area contributed by atoms with Crippen molar-refractivity contribution in [2.24, 2.45) is 0 Å². The molecular formula is C17H18O3. The van der Waals surface area contributed by atoms with Gasteiger partial charge in [0.15, 0.2) is 0 Å². The van der Waals surface area contributed by atoms with E-state index in [0.29, 0.717) is 6.42 Å². The predicted molar refractivity (Wildman–Crippen MR) is 78.2 cm³/mol. The van der Waals surface area contributed by atoms with Crippen molar-refractivity contribution in [3.05, 3.63) is 60.2 Å². The number of ether oxygens (including phenoxy) is 1. The molecule has 3 nitrogen and oxygen atoms in total. The Bertz CT molecular complexity index is 546. The van der Waals surface area contributed by atoms with Gasteiger partial charge in [-0.05, 0) is 23.1 Å². The highest BCUT2D eigenvalue weighted by molar-refractivity contribution is 5.69. The van der Waals surface area contributed by atoms with E-state index < -0.39 is 12.1 Å². The molecule has 2 aromatic rings. The van der Waals surface area contributed by atoms with Crippen LogP contribution < -0.4 is 0 Å². The second-order valence-corrected chi connectivity index (χ2v) is 4.70. The molecule has 0 saturated heterocycles. The van der Waals surface area contributed by atoms with Crippen LogP contribution in [0.5, 0.6) is 0 Å². The van der Waals surface area contributed by atoms with Gasteiger partial charge < -0.3 is 9.84 Å². The van der Waals surface area contributed by atoms with E-state index in [4.69, 9.17) is 0 Å². The Morgan fingerprint density at radius 1 is 1.05 bits per heavy atom. The van der Waals surface area contributed by atoms with Gasteiger partial charge in [-0.2, -0.15) is 0 Å². The molecule has 0 heterocycles. The Kier molecular flexibility index (Phi) is 4.91. The summed E-state index contributed by atoms with van der Waals surface area (Å²) in [4.78, 5) is 11.1. The zero-order chi connectivity index (χ0) is 14.4. The molecular weight excluding hydrogens is 252 g/mol. The summed E-state index contributed by atoms with van der Waals surface area (Å²) in [5, 5.41) is 9.79. The van der Waals surface area contributed by atoms with Gasteiger partial charge in [0.25, 0.3) is 0 Å². The summed E-state index contributed by atoms with van der Waals surface area (Å²) >= 11 is 0. The molecule has 0 aliphatic heterocycles. The molecule has 0 saturated carbocycles. The molecule has 0 spiro atoms. The third kappa shape index (κ3) is 3.93. The van der Waals surface area contributed by atoms with Crippen LogP contribution in [0, 0.1) is 0 Å². The number of hydrogen-bond donors (Lipinski definition) is 1. The number of carbonyl (C=O) groups excluding carboxylic acids is 1. The molecule has 3 heteroatoms. The van der Waals surface area contributed by atoms with Gasteiger partial charge in [0.1, 0.15) is 0 Å². The maximum atomic E-state index is 11.1. The molecule has 1 atom stereocenters. The van der Waals surface area contributed by atoms with Crippen molar-refractivity contribution < 1.29 is 14.6 Å². The lowest BCUT2D eigenvalue weighted by Crippen LogP contribution is -2.16. The molecule has 2 aromatic carbocycles. The van der Waals surface area contributed by atoms with Gasteiger partial charge in [0, 0.05) is 0 Å². The number of carbonyl (C=O) groups is 1. The number of hydrogen-bond acceptors (Lipinski definition) is 3. The van der Waals surface area contributed by atoms with E-state index in [-0.39, 0.29) is 6.42 Å². The standard InChI is InChI=1S/C17H18O3/c1-20-17(19)12-16(18)11-13-7-9-15(10-8-13)14-5-3-2-4-6-14/h2-10,16,18H,11-12H2,1H3/t16-/m0/s1. The fourth-order valence-electron chi connectivity index (χ4n) is 2.08. The fourth-order valence-corrected chi connectivity index (χ4v) is 2.08. The molecule has 0 unspecified atom stereocenters. The van der Waals surface area contributed by atoms with Crippen LogP contribution in [0.15, 0.2) is 54.6 Å². The molecule has 0 aliphatic carbocycles. The number of esters is 1. The van der Waals surface area contributed by atoms with Gasteiger partial charge in [0.2, 0.25) is 0 Å². The zero-order valence-electron chi connectivity index (χ0n) is 11.5. The summed E-state index contributed by atoms with van der Waals surface area (Å²) < 4.78 is 4.54. The summed E-state index contributed by atoms with van der Waals surface area (Å²) in [6.45, 7) is 0. The lowest BCUT2D eigenvalue weighted by molar-refractivity contribution is -0.142. The lowest BCUT2D eigenvalue weighted by atomic mass is 10.0. The minimum atomic E-state index is -0.704. The molecule has 0 amide bonds. The second-order valence-electron chi connectivity index (χ2n) is 4.70. The first-order valence-electron chi connectivity index (χ1n) is 6.58. The Labute approximate surface area is 118 Å². The highest BCUT2D eigenvalue weighted by Gasteiger charge is 2.11. The van der Waals surface area contributed by atoms with Crippen LogP contribution in [0.4, 0.5) is 0 Å². The van der Waals surface area contributed by atoms with Crippen LogP contribution in [-0.4, -0.2) is 24.3 Å². The quantitative estimate of drug-likeness (QED) is 0.850. The van der Waals surface area contributed by atoms with Crippen molar-refractivity contribution in [2.75, 3.05) is 7.11 Å². The first-order valence-corrected chi connectivity index (χ1v) is 6.58. The predicted octanol–water partition coefficient (Wildman–Crippen LogP) is 2.82. The Morgan fingerprint density at radius 2 is 1.65 bits per heavy atom. The molecule has 20 heavy (non-hydrogen) atoms. The van der Waals surface area contributed by atoms with Crippen molar-refractivity contribution in [1.29, 1.82) is 0 Å². The third-order valence-electron chi connectivity index (χ3n) is 3.16. The van der Waals surface area contributed by atoms with E-state index in [0.717, 1.165) is 16.7 Å². The average Bonchev–Trinajstić information content (AvgIpc) is 2.48. The van der Waals surface area contributed by atoms with E-state index in [9.17, 15) is 9.90 Å². The maximum Gasteiger partial charge on any atom is 0.308 e. The smallest absolute Gasteiger partial charge is 0.308 e. The second kappa shape index (κ2) is 6.87. The van der Waals surface area contributed by atoms with E-state index in [1.54, 1.807) is 0 Å². The van der Waals surface area contributed by atoms with Gasteiger partial charge in [-0.3, -0.25) is 4.79 Å². The molecule has 0 radical (unpaired) electrons. The fraction of sp³-hybridized carbons (Fsp3) is 0.235. The van der Waals surface area contributed by atoms with Crippen molar-refractivity contribution in [1.82, 2.24) is 0 Å². The number of aliphatic hydroxyl groups excluding tert-OH is 1. The molecule has 0 bridgehead atoms. The minimum Gasteiger partial charge on any atom is -0.469 e. The molecule has 0 aromatic heterocycles. The van der Waals surface area contributed by atoms with E-state index in [1.807, 2.05) is 42.5 Å². The van der Waals surface area contributed by atoms with Crippen molar-refractivity contribution in [2.45, 2.75) is 18.9 Å². The van der Waals surface area contributed by atoms with E-state index in [2.05, 4.69) is 16.9 Å². The first kappa shape index (κ1) is 14.3. The van der Waals surface area contributed by atoms with Crippen molar-refractivity contribution >= 4 is 5.97 Å². The summed E-state index contributed by atoms with van der Waals surface area (Å²) in [5.74, 6) is -0.390. The SMILES string of the molecule is COC(=O)C[C@@H](O)Cc1ccc(-c2ccccc2)cc1. The summed E-state index contributed by atoms with van der Waals surface area (Å²) in [6.07, 6.45) is -0.230. The first-order chi connectivity index (χ1) is 9.69. The molecule has 104 valence electrons. The monoisotopic (exact) mass is 270 g/mol. The van der Waals surface area contributed by atoms with Crippen LogP contribution in [0.1, 0.15) is 12.0 Å². The summed E-state index contributed by atoms with van der Waals surface area (Å²) in [5.41, 5.74) is 3.30. The minimum absolute atomic E-state index is 0.0247. The van der Waals surface area contributed by atoms with Crippen LogP contribution in [0.25, 0.3) is 11.1 Å². The zero-order valence-corrected chi connectivity index (χ0v) is 11.5. The third-order valence-corrected chi connectivity index (χ3v) is 3.16. The largest absolute Gasteiger partial charge is 0.469 e. The normalized spacial score (nSPS) is 11.9. The Hall–Kier alpha value is -2.13. The molecule has 1 N–H and O–H groups in total. The van der Waals surface area contributed by atoms with Crippen molar-refractivity contribution in [3.63, 3.8) is 0 Å². The van der Waals surface area contributed by atoms with E-state index >= 15 is 0 Å². The Balaban J connectivity index is 2.00. The number of rotatable bonds is 5. The van der Waals surface area contributed by atoms with Crippen LogP contribution in [-0.2, 0) is 16.0 Å². The molecule has 0 aliphatic rings. The summed E-state index contributed by atoms with van der Waals surface area (Å²) in [6, 6.07) is 18.1. The number of aliphatic hydroxyl groups is 1. The average molecular weight is 270 g/mol. The number of methoxy groups -OCH3 is 1. The van der Waals surface area contributed by atoms with Crippen LogP contribution in [0.2, 0.25) is 0 Å². The topological polar surface area (TPSA) is 46.5 Å². The van der Waals surface area contributed by atoms with E-state index in [1.165, 1.54) is 7.11 Å². The molecule has 0 fully saturated rings. The van der Waals surface area contributed by atoms with Gasteiger partial charge in [0.05, 0.1) is 19.6 Å². The van der Waals surface area contributed by atoms with Gasteiger partial charge in [-0.1, -0.05) is 54.6 Å². The summed E-state index contributed by atoms with van der Waals surface area (Å²) in [7, 11) is 1.32. The highest BCUT2D eigenvalue weighted by Crippen LogP contribution is 2.19. The van der Waals surface area contributed by atoms with Crippen LogP contribution >= 0.6 is 0 Å². The molecule has 2 rings (SSSR count). The maximum absolute atomic E-state index is 11.1. The highest BCUT2D eigenvalue weighted by atomic mass is 16.5. The van der Waals surface area contributed by atoms with Gasteiger partial charge in [-0.25, -0.2) is 0 Å². The Morgan fingerprint density at radius 3 is 2.25 bits per heavy atom. The van der Waals surface area contributed by atoms with Crippen molar-refractivity contribution in [3.8, 4) is 11.1 Å². The van der Waals surface area contributed by atoms with Gasteiger partial charge >= 0.3 is 5.97 Å². The number of benzene rings is 2.